The maximum atomic E-state index is 10.8. The van der Waals surface area contributed by atoms with Crippen LogP contribution >= 0.6 is 11.3 Å². The Morgan fingerprint density at radius 2 is 1.80 bits per heavy atom. The number of hydrogen-bond acceptors (Lipinski definition) is 9. The zero-order valence-corrected chi connectivity index (χ0v) is 16.1. The first kappa shape index (κ1) is 18.1. The van der Waals surface area contributed by atoms with Gasteiger partial charge in [0.2, 0.25) is 5.13 Å². The molecule has 0 bridgehead atoms. The number of azo groups is 1. The minimum atomic E-state index is -0.517. The summed E-state index contributed by atoms with van der Waals surface area (Å²) in [5.41, 5.74) is 3.11. The lowest BCUT2D eigenvalue weighted by Crippen LogP contribution is -2.47. The molecule has 2 heterocycles. The van der Waals surface area contributed by atoms with Crippen molar-refractivity contribution in [1.29, 1.82) is 0 Å². The van der Waals surface area contributed by atoms with Gasteiger partial charge in [0.05, 0.1) is 10.6 Å². The van der Waals surface area contributed by atoms with Gasteiger partial charge in [-0.3, -0.25) is 10.1 Å². The van der Waals surface area contributed by atoms with Crippen molar-refractivity contribution < 1.29 is 10.0 Å². The Morgan fingerprint density at radius 3 is 2.47 bits per heavy atom. The highest BCUT2D eigenvalue weighted by molar-refractivity contribution is 7.18. The van der Waals surface area contributed by atoms with Gasteiger partial charge in [-0.2, -0.15) is 0 Å². The molecule has 1 aromatic heterocycles. The molecule has 1 aliphatic rings. The SMILES string of the molecule is O=[N+]([O-])c1cnc(N=Nc2ccc(O)cc2B2Nc3cccc4cccc(c34)N2)s1. The maximum absolute atomic E-state index is 10.8. The fourth-order valence-electron chi connectivity index (χ4n) is 3.43. The third-order valence-electron chi connectivity index (χ3n) is 4.73. The van der Waals surface area contributed by atoms with E-state index < -0.39 is 4.92 Å². The third kappa shape index (κ3) is 3.20. The number of phenolic OH excluding ortho intramolecular Hbond substituents is 1. The summed E-state index contributed by atoms with van der Waals surface area (Å²) in [5.74, 6) is 0.0921. The summed E-state index contributed by atoms with van der Waals surface area (Å²) >= 11 is 0.841. The molecule has 9 nitrogen and oxygen atoms in total. The Balaban J connectivity index is 1.51. The highest BCUT2D eigenvalue weighted by atomic mass is 32.1. The van der Waals surface area contributed by atoms with Crippen LogP contribution in [0.1, 0.15) is 0 Å². The van der Waals surface area contributed by atoms with Crippen molar-refractivity contribution in [2.24, 2.45) is 10.2 Å². The molecule has 0 aliphatic carbocycles. The number of anilines is 2. The fraction of sp³-hybridized carbons (Fsp3) is 0. The first-order chi connectivity index (χ1) is 14.6. The summed E-state index contributed by atoms with van der Waals surface area (Å²) in [5, 5.41) is 38.3. The number of aromatic hydroxyl groups is 1. The van der Waals surface area contributed by atoms with Crippen LogP contribution in [0, 0.1) is 10.1 Å². The second-order valence-corrected chi connectivity index (χ2v) is 7.60. The lowest BCUT2D eigenvalue weighted by molar-refractivity contribution is -0.380. The lowest BCUT2D eigenvalue weighted by Gasteiger charge is -2.27. The quantitative estimate of drug-likeness (QED) is 0.194. The highest BCUT2D eigenvalue weighted by Gasteiger charge is 2.28. The van der Waals surface area contributed by atoms with Gasteiger partial charge in [0, 0.05) is 16.8 Å². The first-order valence-corrected chi connectivity index (χ1v) is 9.80. The molecule has 1 aliphatic heterocycles. The number of thiazole rings is 1. The molecule has 0 amide bonds. The molecule has 0 radical (unpaired) electrons. The Bertz CT molecular complexity index is 1280. The monoisotopic (exact) mass is 416 g/mol. The molecule has 5 rings (SSSR count). The second kappa shape index (κ2) is 7.12. The first-order valence-electron chi connectivity index (χ1n) is 8.98. The normalized spacial score (nSPS) is 12.7. The minimum Gasteiger partial charge on any atom is -0.508 e. The number of nitro groups is 1. The van der Waals surface area contributed by atoms with Crippen LogP contribution in [0.5, 0.6) is 5.75 Å². The van der Waals surface area contributed by atoms with Gasteiger partial charge in [0.15, 0.2) is 0 Å². The zero-order chi connectivity index (χ0) is 20.7. The molecule has 4 aromatic rings. The van der Waals surface area contributed by atoms with Crippen molar-refractivity contribution in [2.45, 2.75) is 0 Å². The highest BCUT2D eigenvalue weighted by Crippen LogP contribution is 2.35. The number of benzene rings is 3. The third-order valence-corrected chi connectivity index (χ3v) is 5.56. The molecular formula is C19H13BN6O3S. The van der Waals surface area contributed by atoms with E-state index >= 15 is 0 Å². The summed E-state index contributed by atoms with van der Waals surface area (Å²) in [6, 6.07) is 16.8. The van der Waals surface area contributed by atoms with E-state index in [2.05, 4.69) is 25.7 Å². The fourth-order valence-corrected chi connectivity index (χ4v) is 3.99. The summed E-state index contributed by atoms with van der Waals surface area (Å²) < 4.78 is 0. The van der Waals surface area contributed by atoms with E-state index in [4.69, 9.17) is 0 Å². The second-order valence-electron chi connectivity index (χ2n) is 6.61. The van der Waals surface area contributed by atoms with E-state index in [1.165, 1.54) is 6.07 Å². The van der Waals surface area contributed by atoms with Crippen molar-refractivity contribution in [1.82, 2.24) is 4.98 Å². The molecule has 30 heavy (non-hydrogen) atoms. The molecule has 3 aromatic carbocycles. The zero-order valence-electron chi connectivity index (χ0n) is 15.3. The van der Waals surface area contributed by atoms with Crippen LogP contribution in [0.4, 0.5) is 27.2 Å². The van der Waals surface area contributed by atoms with Crippen molar-refractivity contribution in [2.75, 3.05) is 10.5 Å². The van der Waals surface area contributed by atoms with Crippen LogP contribution in [0.2, 0.25) is 0 Å². The van der Waals surface area contributed by atoms with Gasteiger partial charge in [-0.1, -0.05) is 24.3 Å². The smallest absolute Gasteiger partial charge is 0.408 e. The molecule has 146 valence electrons. The van der Waals surface area contributed by atoms with Gasteiger partial charge in [-0.25, -0.2) is 4.98 Å². The number of phenols is 1. The largest absolute Gasteiger partial charge is 0.508 e. The minimum absolute atomic E-state index is 0.0921. The Kier molecular flexibility index (Phi) is 4.29. The van der Waals surface area contributed by atoms with Crippen LogP contribution in [0.3, 0.4) is 0 Å². The predicted octanol–water partition coefficient (Wildman–Crippen LogP) is 4.56. The van der Waals surface area contributed by atoms with Gasteiger partial charge >= 0.3 is 12.0 Å². The van der Waals surface area contributed by atoms with E-state index in [1.807, 2.05) is 36.4 Å². The van der Waals surface area contributed by atoms with Gasteiger partial charge in [0.1, 0.15) is 11.9 Å². The summed E-state index contributed by atoms with van der Waals surface area (Å²) in [4.78, 5) is 14.2. The lowest BCUT2D eigenvalue weighted by atomic mass is 9.65. The summed E-state index contributed by atoms with van der Waals surface area (Å²) in [7, 11) is 0. The van der Waals surface area contributed by atoms with E-state index in [9.17, 15) is 15.2 Å². The van der Waals surface area contributed by atoms with Gasteiger partial charge in [-0.05, 0) is 52.5 Å². The van der Waals surface area contributed by atoms with Crippen LogP contribution < -0.4 is 15.9 Å². The molecule has 0 unspecified atom stereocenters. The van der Waals surface area contributed by atoms with Gasteiger partial charge < -0.3 is 15.6 Å². The number of nitrogens with zero attached hydrogens (tertiary/aromatic N) is 4. The van der Waals surface area contributed by atoms with E-state index in [-0.39, 0.29) is 22.9 Å². The molecular weight excluding hydrogens is 403 g/mol. The van der Waals surface area contributed by atoms with Crippen molar-refractivity contribution in [3.63, 3.8) is 0 Å². The molecule has 0 spiro atoms. The van der Waals surface area contributed by atoms with Crippen LogP contribution in [-0.2, 0) is 0 Å². The molecule has 0 fully saturated rings. The topological polar surface area (TPSA) is 125 Å². The number of nitrogens with one attached hydrogen (secondary N) is 2. The Hall–Kier alpha value is -3.99. The molecule has 0 saturated carbocycles. The van der Waals surface area contributed by atoms with Crippen LogP contribution in [0.25, 0.3) is 10.8 Å². The number of rotatable bonds is 4. The van der Waals surface area contributed by atoms with E-state index in [0.29, 0.717) is 11.2 Å². The molecule has 3 N–H and O–H groups in total. The number of hydrogen-bond donors (Lipinski definition) is 3. The van der Waals surface area contributed by atoms with Crippen molar-refractivity contribution in [3.05, 3.63) is 70.9 Å². The predicted molar refractivity (Wildman–Crippen MR) is 118 cm³/mol. The van der Waals surface area contributed by atoms with Crippen molar-refractivity contribution in [3.8, 4) is 5.75 Å². The summed E-state index contributed by atoms with van der Waals surface area (Å²) in [6.45, 7) is -0.364. The Morgan fingerprint density at radius 1 is 1.07 bits per heavy atom. The molecule has 0 atom stereocenters. The maximum Gasteiger partial charge on any atom is 0.408 e. The van der Waals surface area contributed by atoms with E-state index in [0.717, 1.165) is 39.7 Å². The van der Waals surface area contributed by atoms with Crippen molar-refractivity contribution >= 4 is 61.7 Å². The van der Waals surface area contributed by atoms with Gasteiger partial charge in [-0.15, -0.1) is 10.2 Å². The van der Waals surface area contributed by atoms with E-state index in [1.54, 1.807) is 12.1 Å². The van der Waals surface area contributed by atoms with Gasteiger partial charge in [0.25, 0.3) is 0 Å². The van der Waals surface area contributed by atoms with Crippen LogP contribution in [-0.4, -0.2) is 22.0 Å². The average molecular weight is 416 g/mol. The average Bonchev–Trinajstić information content (AvgIpc) is 3.23. The molecule has 0 saturated heterocycles. The molecule has 11 heteroatoms. The van der Waals surface area contributed by atoms with Crippen LogP contribution in [0.15, 0.2) is 71.0 Å². The summed E-state index contributed by atoms with van der Waals surface area (Å²) in [6.07, 6.45) is 1.15. The standard InChI is InChI=1S/C19H13BN6O3S/c27-12-7-8-14(24-25-19-21-10-17(30-19)26(28)29)13(9-12)20-22-15-5-1-3-11-4-2-6-16(23-20)18(11)15/h1-10,22-23,27H. The number of aromatic nitrogens is 1. The Labute approximate surface area is 174 Å².